The predicted molar refractivity (Wildman–Crippen MR) is 70.7 cm³/mol. The summed E-state index contributed by atoms with van der Waals surface area (Å²) in [5, 5.41) is 0. The van der Waals surface area contributed by atoms with Crippen molar-refractivity contribution in [1.29, 1.82) is 0 Å². The van der Waals surface area contributed by atoms with Crippen LogP contribution in [0.15, 0.2) is 0 Å². The number of nitrogens with zero attached hydrogens (tertiary/aromatic N) is 2. The van der Waals surface area contributed by atoms with E-state index < -0.39 is 5.79 Å². The average Bonchev–Trinajstić information content (AvgIpc) is 3.09. The molecular weight excluding hydrogens is 244 g/mol. The van der Waals surface area contributed by atoms with E-state index in [2.05, 4.69) is 4.90 Å². The Hall–Kier alpha value is -0.650. The van der Waals surface area contributed by atoms with E-state index in [4.69, 9.17) is 9.47 Å². The lowest BCUT2D eigenvalue weighted by molar-refractivity contribution is -0.194. The van der Waals surface area contributed by atoms with Crippen molar-refractivity contribution in [3.63, 3.8) is 0 Å². The Morgan fingerprint density at radius 3 is 2.47 bits per heavy atom. The second-order valence-corrected chi connectivity index (χ2v) is 5.89. The van der Waals surface area contributed by atoms with Crippen LogP contribution in [0.4, 0.5) is 0 Å². The number of hydrogen-bond donors (Lipinski definition) is 0. The predicted octanol–water partition coefficient (Wildman–Crippen LogP) is 0.836. The van der Waals surface area contributed by atoms with Crippen LogP contribution in [0.5, 0.6) is 0 Å². The summed E-state index contributed by atoms with van der Waals surface area (Å²) in [5.41, 5.74) is 0. The number of hydrogen-bond acceptors (Lipinski definition) is 4. The van der Waals surface area contributed by atoms with Gasteiger partial charge in [0.1, 0.15) is 0 Å². The van der Waals surface area contributed by atoms with E-state index in [0.717, 1.165) is 51.9 Å². The molecule has 1 atom stereocenters. The van der Waals surface area contributed by atoms with Crippen molar-refractivity contribution in [3.05, 3.63) is 0 Å². The molecule has 1 amide bonds. The Labute approximate surface area is 114 Å². The highest BCUT2D eigenvalue weighted by atomic mass is 16.7. The number of carbonyl (C=O) groups excluding carboxylic acids is 1. The van der Waals surface area contributed by atoms with Crippen LogP contribution in [0.25, 0.3) is 0 Å². The molecule has 0 aromatic heterocycles. The van der Waals surface area contributed by atoms with Gasteiger partial charge in [-0.2, -0.15) is 0 Å². The summed E-state index contributed by atoms with van der Waals surface area (Å²) in [5.74, 6) is -0.162. The third kappa shape index (κ3) is 2.64. The fraction of sp³-hybridized carbons (Fsp3) is 0.929. The molecule has 3 aliphatic heterocycles. The molecule has 0 aromatic rings. The smallest absolute Gasteiger partial charge is 0.239 e. The second kappa shape index (κ2) is 5.38. The van der Waals surface area contributed by atoms with Crippen LogP contribution < -0.4 is 0 Å². The van der Waals surface area contributed by atoms with Crippen molar-refractivity contribution in [1.82, 2.24) is 9.80 Å². The molecule has 0 bridgehead atoms. The molecule has 3 saturated heterocycles. The molecule has 0 aromatic carbocycles. The zero-order valence-corrected chi connectivity index (χ0v) is 11.8. The van der Waals surface area contributed by atoms with Gasteiger partial charge in [-0.3, -0.25) is 9.69 Å². The van der Waals surface area contributed by atoms with Crippen molar-refractivity contribution in [2.75, 3.05) is 39.4 Å². The number of likely N-dealkylation sites (tertiary alicyclic amines) is 2. The summed E-state index contributed by atoms with van der Waals surface area (Å²) >= 11 is 0. The minimum Gasteiger partial charge on any atom is -0.346 e. The number of rotatable bonds is 2. The fourth-order valence-electron chi connectivity index (χ4n) is 3.44. The largest absolute Gasteiger partial charge is 0.346 e. The first-order valence-electron chi connectivity index (χ1n) is 7.51. The Bertz CT molecular complexity index is 336. The van der Waals surface area contributed by atoms with Crippen molar-refractivity contribution < 1.29 is 14.3 Å². The summed E-state index contributed by atoms with van der Waals surface area (Å²) in [7, 11) is 0. The lowest BCUT2D eigenvalue weighted by Gasteiger charge is -2.41. The molecule has 5 nitrogen and oxygen atoms in total. The first-order valence-corrected chi connectivity index (χ1v) is 7.51. The lowest BCUT2D eigenvalue weighted by atomic mass is 10.0. The first-order chi connectivity index (χ1) is 9.20. The summed E-state index contributed by atoms with van der Waals surface area (Å²) < 4.78 is 11.6. The Kier molecular flexibility index (Phi) is 3.78. The van der Waals surface area contributed by atoms with E-state index in [1.807, 2.05) is 11.8 Å². The SMILES string of the molecule is CC(C(=O)N1CCCC1)N1CCCC2(C1)OCCO2. The van der Waals surface area contributed by atoms with Crippen LogP contribution >= 0.6 is 0 Å². The zero-order chi connectivity index (χ0) is 13.3. The Balaban J connectivity index is 1.62. The van der Waals surface area contributed by atoms with Gasteiger partial charge in [-0.05, 0) is 32.7 Å². The highest BCUT2D eigenvalue weighted by molar-refractivity contribution is 5.81. The summed E-state index contributed by atoms with van der Waals surface area (Å²) in [6, 6.07) is -0.0527. The van der Waals surface area contributed by atoms with E-state index in [1.165, 1.54) is 0 Å². The summed E-state index contributed by atoms with van der Waals surface area (Å²) in [6.45, 7) is 6.94. The highest BCUT2D eigenvalue weighted by Gasteiger charge is 2.43. The standard InChI is InChI=1S/C14H24N2O3/c1-12(13(17)15-6-2-3-7-15)16-8-4-5-14(11-16)18-9-10-19-14/h12H,2-11H2,1H3. The van der Waals surface area contributed by atoms with Crippen LogP contribution in [-0.4, -0.2) is 66.9 Å². The minimum atomic E-state index is -0.433. The van der Waals surface area contributed by atoms with E-state index in [-0.39, 0.29) is 11.9 Å². The third-order valence-corrected chi connectivity index (χ3v) is 4.58. The van der Waals surface area contributed by atoms with Gasteiger partial charge < -0.3 is 14.4 Å². The van der Waals surface area contributed by atoms with Gasteiger partial charge >= 0.3 is 0 Å². The molecule has 3 fully saturated rings. The average molecular weight is 268 g/mol. The Morgan fingerprint density at radius 1 is 1.11 bits per heavy atom. The van der Waals surface area contributed by atoms with Crippen molar-refractivity contribution >= 4 is 5.91 Å². The highest BCUT2D eigenvalue weighted by Crippen LogP contribution is 2.31. The maximum atomic E-state index is 12.5. The van der Waals surface area contributed by atoms with E-state index in [1.54, 1.807) is 0 Å². The summed E-state index contributed by atoms with van der Waals surface area (Å²) in [6.07, 6.45) is 4.29. The molecule has 3 heterocycles. The zero-order valence-electron chi connectivity index (χ0n) is 11.8. The number of ether oxygens (including phenoxy) is 2. The monoisotopic (exact) mass is 268 g/mol. The van der Waals surface area contributed by atoms with Gasteiger partial charge in [0.2, 0.25) is 5.91 Å². The maximum absolute atomic E-state index is 12.5. The molecule has 1 unspecified atom stereocenters. The van der Waals surface area contributed by atoms with Crippen LogP contribution in [0, 0.1) is 0 Å². The van der Waals surface area contributed by atoms with Gasteiger partial charge in [-0.15, -0.1) is 0 Å². The van der Waals surface area contributed by atoms with E-state index >= 15 is 0 Å². The topological polar surface area (TPSA) is 42.0 Å². The van der Waals surface area contributed by atoms with Gasteiger partial charge in [0.05, 0.1) is 25.8 Å². The molecule has 3 aliphatic rings. The molecule has 0 aliphatic carbocycles. The normalized spacial score (nSPS) is 29.0. The molecule has 3 rings (SSSR count). The quantitative estimate of drug-likeness (QED) is 0.744. The van der Waals surface area contributed by atoms with Crippen molar-refractivity contribution in [3.8, 4) is 0 Å². The molecule has 5 heteroatoms. The molecule has 108 valence electrons. The van der Waals surface area contributed by atoms with Crippen LogP contribution in [-0.2, 0) is 14.3 Å². The lowest BCUT2D eigenvalue weighted by Crippen LogP contribution is -2.55. The fourth-order valence-corrected chi connectivity index (χ4v) is 3.44. The molecule has 19 heavy (non-hydrogen) atoms. The van der Waals surface area contributed by atoms with Gasteiger partial charge in [0, 0.05) is 19.5 Å². The van der Waals surface area contributed by atoms with Gasteiger partial charge in [0.25, 0.3) is 0 Å². The molecule has 0 N–H and O–H groups in total. The maximum Gasteiger partial charge on any atom is 0.239 e. The van der Waals surface area contributed by atoms with Crippen LogP contribution in [0.2, 0.25) is 0 Å². The minimum absolute atomic E-state index is 0.0527. The second-order valence-electron chi connectivity index (χ2n) is 5.89. The van der Waals surface area contributed by atoms with Crippen LogP contribution in [0.3, 0.4) is 0 Å². The molecule has 1 spiro atoms. The van der Waals surface area contributed by atoms with Crippen molar-refractivity contribution in [2.24, 2.45) is 0 Å². The molecule has 0 saturated carbocycles. The number of amides is 1. The van der Waals surface area contributed by atoms with Gasteiger partial charge in [-0.25, -0.2) is 0 Å². The molecular formula is C14H24N2O3. The Morgan fingerprint density at radius 2 is 1.79 bits per heavy atom. The third-order valence-electron chi connectivity index (χ3n) is 4.58. The summed E-state index contributed by atoms with van der Waals surface area (Å²) in [4.78, 5) is 16.7. The van der Waals surface area contributed by atoms with E-state index in [9.17, 15) is 4.79 Å². The number of carbonyl (C=O) groups is 1. The molecule has 0 radical (unpaired) electrons. The van der Waals surface area contributed by atoms with Crippen molar-refractivity contribution in [2.45, 2.75) is 44.4 Å². The van der Waals surface area contributed by atoms with E-state index in [0.29, 0.717) is 13.2 Å². The van der Waals surface area contributed by atoms with Gasteiger partial charge in [-0.1, -0.05) is 0 Å². The number of piperidine rings is 1. The van der Waals surface area contributed by atoms with Gasteiger partial charge in [0.15, 0.2) is 5.79 Å². The van der Waals surface area contributed by atoms with Crippen LogP contribution in [0.1, 0.15) is 32.6 Å². The first kappa shape index (κ1) is 13.3.